The molecule has 2 aliphatic heterocycles. The van der Waals surface area contributed by atoms with Crippen LogP contribution in [0.1, 0.15) is 43.1 Å². The van der Waals surface area contributed by atoms with Crippen LogP contribution in [0.4, 0.5) is 0 Å². The lowest BCUT2D eigenvalue weighted by atomic mass is 9.92. The van der Waals surface area contributed by atoms with Gasteiger partial charge in [0, 0.05) is 43.0 Å². The molecule has 1 aromatic carbocycles. The molecular weight excluding hydrogens is 426 g/mol. The number of likely N-dealkylation sites (tertiary alicyclic amines) is 2. The van der Waals surface area contributed by atoms with Gasteiger partial charge in [-0.3, -0.25) is 9.59 Å². The van der Waals surface area contributed by atoms with Crippen molar-refractivity contribution in [2.45, 2.75) is 32.6 Å². The third-order valence-corrected chi connectivity index (χ3v) is 7.35. The Labute approximate surface area is 193 Å². The van der Waals surface area contributed by atoms with Gasteiger partial charge in [-0.2, -0.15) is 0 Å². The van der Waals surface area contributed by atoms with E-state index in [9.17, 15) is 9.59 Å². The summed E-state index contributed by atoms with van der Waals surface area (Å²) < 4.78 is 10.7. The molecule has 172 valence electrons. The van der Waals surface area contributed by atoms with E-state index in [2.05, 4.69) is 11.9 Å². The number of thiazole rings is 1. The molecule has 0 N–H and O–H groups in total. The summed E-state index contributed by atoms with van der Waals surface area (Å²) in [6.07, 6.45) is 3.75. The molecule has 0 aliphatic carbocycles. The number of nitrogens with zero attached hydrogens (tertiary/aromatic N) is 3. The van der Waals surface area contributed by atoms with Crippen LogP contribution < -0.4 is 9.47 Å². The Morgan fingerprint density at radius 2 is 1.78 bits per heavy atom. The summed E-state index contributed by atoms with van der Waals surface area (Å²) >= 11 is 1.44. The van der Waals surface area contributed by atoms with E-state index in [0.717, 1.165) is 42.9 Å². The van der Waals surface area contributed by atoms with Gasteiger partial charge in [-0.25, -0.2) is 4.98 Å². The van der Waals surface area contributed by atoms with E-state index in [4.69, 9.17) is 9.47 Å². The lowest BCUT2D eigenvalue weighted by Crippen LogP contribution is -2.47. The molecule has 3 heterocycles. The number of carbonyl (C=O) groups excluding carboxylic acids is 2. The number of benzene rings is 1. The Morgan fingerprint density at radius 3 is 2.47 bits per heavy atom. The minimum Gasteiger partial charge on any atom is -0.493 e. The minimum atomic E-state index is -0.0644. The first-order valence-corrected chi connectivity index (χ1v) is 12.1. The number of aromatic nitrogens is 1. The molecule has 2 aliphatic rings. The highest BCUT2D eigenvalue weighted by Gasteiger charge is 2.32. The first-order chi connectivity index (χ1) is 15.5. The zero-order chi connectivity index (χ0) is 22.7. The van der Waals surface area contributed by atoms with E-state index in [0.29, 0.717) is 36.2 Å². The smallest absolute Gasteiger partial charge is 0.273 e. The maximum Gasteiger partial charge on any atom is 0.273 e. The quantitative estimate of drug-likeness (QED) is 0.680. The summed E-state index contributed by atoms with van der Waals surface area (Å²) in [5.74, 6) is 2.10. The summed E-state index contributed by atoms with van der Waals surface area (Å²) in [6, 6.07) is 5.61. The number of rotatable bonds is 5. The molecule has 0 unspecified atom stereocenters. The van der Waals surface area contributed by atoms with Crippen molar-refractivity contribution in [2.24, 2.45) is 11.8 Å². The number of amides is 2. The Balaban J connectivity index is 1.37. The zero-order valence-corrected chi connectivity index (χ0v) is 19.8. The summed E-state index contributed by atoms with van der Waals surface area (Å²) in [5, 5.41) is 2.57. The molecule has 1 aromatic heterocycles. The van der Waals surface area contributed by atoms with Crippen molar-refractivity contribution < 1.29 is 19.1 Å². The van der Waals surface area contributed by atoms with Crippen molar-refractivity contribution >= 4 is 23.2 Å². The molecule has 2 saturated heterocycles. The van der Waals surface area contributed by atoms with Gasteiger partial charge in [0.05, 0.1) is 14.2 Å². The number of carbonyl (C=O) groups is 2. The molecule has 2 aromatic rings. The summed E-state index contributed by atoms with van der Waals surface area (Å²) in [4.78, 5) is 34.4. The number of hydrogen-bond donors (Lipinski definition) is 0. The molecule has 8 heteroatoms. The predicted octanol–water partition coefficient (Wildman–Crippen LogP) is 3.94. The van der Waals surface area contributed by atoms with Crippen LogP contribution in [0.15, 0.2) is 23.6 Å². The Morgan fingerprint density at radius 1 is 1.03 bits per heavy atom. The molecule has 0 radical (unpaired) electrons. The average molecular weight is 458 g/mol. The van der Waals surface area contributed by atoms with E-state index in [1.54, 1.807) is 19.6 Å². The Kier molecular flexibility index (Phi) is 6.98. The third-order valence-electron chi connectivity index (χ3n) is 6.45. The van der Waals surface area contributed by atoms with Gasteiger partial charge in [0.1, 0.15) is 10.7 Å². The van der Waals surface area contributed by atoms with Crippen molar-refractivity contribution in [3.05, 3.63) is 29.3 Å². The van der Waals surface area contributed by atoms with Gasteiger partial charge in [0.2, 0.25) is 5.91 Å². The lowest BCUT2D eigenvalue weighted by Gasteiger charge is -2.37. The van der Waals surface area contributed by atoms with E-state index >= 15 is 0 Å². The van der Waals surface area contributed by atoms with E-state index in [1.165, 1.54) is 17.8 Å². The van der Waals surface area contributed by atoms with Crippen LogP contribution in [0.2, 0.25) is 0 Å². The number of ether oxygens (including phenoxy) is 2. The van der Waals surface area contributed by atoms with Crippen molar-refractivity contribution in [1.29, 1.82) is 0 Å². The predicted molar refractivity (Wildman–Crippen MR) is 124 cm³/mol. The second-order valence-electron chi connectivity index (χ2n) is 8.71. The molecule has 1 atom stereocenters. The van der Waals surface area contributed by atoms with Gasteiger partial charge in [0.15, 0.2) is 11.5 Å². The van der Waals surface area contributed by atoms with Crippen LogP contribution in [-0.2, 0) is 4.79 Å². The maximum absolute atomic E-state index is 13.0. The highest BCUT2D eigenvalue weighted by atomic mass is 32.1. The van der Waals surface area contributed by atoms with Crippen LogP contribution in [0.25, 0.3) is 10.6 Å². The van der Waals surface area contributed by atoms with Gasteiger partial charge in [-0.1, -0.05) is 6.92 Å². The minimum absolute atomic E-state index is 0.0297. The fourth-order valence-electron chi connectivity index (χ4n) is 4.61. The van der Waals surface area contributed by atoms with E-state index in [-0.39, 0.29) is 17.7 Å². The van der Waals surface area contributed by atoms with Crippen molar-refractivity contribution in [1.82, 2.24) is 14.8 Å². The second kappa shape index (κ2) is 9.90. The van der Waals surface area contributed by atoms with Crippen molar-refractivity contribution in [3.63, 3.8) is 0 Å². The number of methoxy groups -OCH3 is 2. The third kappa shape index (κ3) is 4.75. The zero-order valence-electron chi connectivity index (χ0n) is 19.0. The second-order valence-corrected chi connectivity index (χ2v) is 9.56. The van der Waals surface area contributed by atoms with Crippen LogP contribution in [0, 0.1) is 11.8 Å². The summed E-state index contributed by atoms with van der Waals surface area (Å²) in [7, 11) is 3.19. The fourth-order valence-corrected chi connectivity index (χ4v) is 5.40. The van der Waals surface area contributed by atoms with Crippen LogP contribution in [0.3, 0.4) is 0 Å². The monoisotopic (exact) mass is 457 g/mol. The Bertz CT molecular complexity index is 968. The van der Waals surface area contributed by atoms with Crippen LogP contribution in [0.5, 0.6) is 11.5 Å². The largest absolute Gasteiger partial charge is 0.493 e. The van der Waals surface area contributed by atoms with E-state index in [1.807, 2.05) is 28.0 Å². The topological polar surface area (TPSA) is 72.0 Å². The van der Waals surface area contributed by atoms with Crippen LogP contribution in [-0.4, -0.2) is 67.0 Å². The molecule has 32 heavy (non-hydrogen) atoms. The van der Waals surface area contributed by atoms with Crippen molar-refractivity contribution in [2.75, 3.05) is 40.4 Å². The highest BCUT2D eigenvalue weighted by Crippen LogP contribution is 2.34. The summed E-state index contributed by atoms with van der Waals surface area (Å²) in [5.41, 5.74) is 1.33. The molecule has 0 spiro atoms. The van der Waals surface area contributed by atoms with Gasteiger partial charge >= 0.3 is 0 Å². The highest BCUT2D eigenvalue weighted by molar-refractivity contribution is 7.13. The molecule has 4 rings (SSSR count). The molecule has 2 amide bonds. The number of piperidine rings is 2. The first-order valence-electron chi connectivity index (χ1n) is 11.3. The van der Waals surface area contributed by atoms with Crippen molar-refractivity contribution in [3.8, 4) is 22.1 Å². The molecule has 0 bridgehead atoms. The molecule has 0 saturated carbocycles. The van der Waals surface area contributed by atoms with Crippen LogP contribution >= 0.6 is 11.3 Å². The average Bonchev–Trinajstić information content (AvgIpc) is 3.33. The summed E-state index contributed by atoms with van der Waals surface area (Å²) in [6.45, 7) is 5.16. The number of hydrogen-bond acceptors (Lipinski definition) is 6. The Hall–Kier alpha value is -2.61. The molecule has 7 nitrogen and oxygen atoms in total. The lowest BCUT2D eigenvalue weighted by molar-refractivity contribution is -0.138. The van der Waals surface area contributed by atoms with E-state index < -0.39 is 0 Å². The SMILES string of the molecule is COc1ccc(-c2nc(C(=O)N3CCC(C(=O)N4CCC[C@@H](C)C4)CC3)cs2)cc1OC. The first kappa shape index (κ1) is 22.6. The molecular formula is C24H31N3O4S. The van der Waals surface area contributed by atoms with Gasteiger partial charge in [0.25, 0.3) is 5.91 Å². The van der Waals surface area contributed by atoms with Gasteiger partial charge < -0.3 is 19.3 Å². The standard InChI is InChI=1S/C24H31N3O4S/c1-16-5-4-10-27(14-16)23(28)17-8-11-26(12-9-17)24(29)19-15-32-22(25-19)18-6-7-20(30-2)21(13-18)31-3/h6-7,13,15-17H,4-5,8-12,14H2,1-3H3/t16-/m1/s1. The normalized spacial score (nSPS) is 19.7. The maximum atomic E-state index is 13.0. The molecule has 2 fully saturated rings. The fraction of sp³-hybridized carbons (Fsp3) is 0.542. The van der Waals surface area contributed by atoms with Gasteiger partial charge in [-0.05, 0) is 49.8 Å². The van der Waals surface area contributed by atoms with Gasteiger partial charge in [-0.15, -0.1) is 11.3 Å².